The number of imide groups is 1. The highest BCUT2D eigenvalue weighted by Crippen LogP contribution is 2.33. The highest BCUT2D eigenvalue weighted by molar-refractivity contribution is 6.30. The van der Waals surface area contributed by atoms with Crippen molar-refractivity contribution in [2.45, 2.75) is 12.3 Å². The van der Waals surface area contributed by atoms with Crippen molar-refractivity contribution < 1.29 is 23.1 Å². The lowest BCUT2D eigenvalue weighted by molar-refractivity contribution is -0.146. The lowest BCUT2D eigenvalue weighted by atomic mass is 10.1. The number of alkyl halides is 1. The molecule has 7 heteroatoms. The molecule has 2 aromatic carbocycles. The highest BCUT2D eigenvalue weighted by atomic mass is 35.5. The molecule has 2 aromatic rings. The third-order valence-corrected chi connectivity index (χ3v) is 3.64. The van der Waals surface area contributed by atoms with Crippen LogP contribution in [0, 0.1) is 5.82 Å². The van der Waals surface area contributed by atoms with Crippen LogP contribution in [0.5, 0.6) is 0 Å². The van der Waals surface area contributed by atoms with Gasteiger partial charge in [-0.2, -0.15) is 4.39 Å². The number of ether oxygens (including phenoxy) is 1. The molecule has 118 valence electrons. The van der Waals surface area contributed by atoms with Crippen molar-refractivity contribution in [3.8, 4) is 0 Å². The maximum Gasteiger partial charge on any atom is 0.424 e. The van der Waals surface area contributed by atoms with E-state index in [0.717, 1.165) is 12.1 Å². The second kappa shape index (κ2) is 5.62. The molecule has 1 aliphatic heterocycles. The van der Waals surface area contributed by atoms with Crippen LogP contribution in [-0.4, -0.2) is 17.9 Å². The molecular weight excluding hydrogens is 328 g/mol. The molecule has 0 radical (unpaired) electrons. The zero-order valence-corrected chi connectivity index (χ0v) is 12.4. The van der Waals surface area contributed by atoms with Crippen LogP contribution in [0.1, 0.15) is 5.56 Å². The van der Waals surface area contributed by atoms with E-state index in [4.69, 9.17) is 11.6 Å². The Morgan fingerprint density at radius 3 is 2.26 bits per heavy atom. The summed E-state index contributed by atoms with van der Waals surface area (Å²) in [5.41, 5.74) is 0.482. The first-order chi connectivity index (χ1) is 10.9. The molecule has 0 N–H and O–H groups in total. The summed E-state index contributed by atoms with van der Waals surface area (Å²) in [6, 6.07) is 10.7. The first kappa shape index (κ1) is 15.4. The van der Waals surface area contributed by atoms with Crippen LogP contribution >= 0.6 is 11.6 Å². The van der Waals surface area contributed by atoms with Gasteiger partial charge >= 0.3 is 17.9 Å². The molecule has 23 heavy (non-hydrogen) atoms. The molecule has 2 amide bonds. The number of amides is 2. The van der Waals surface area contributed by atoms with Crippen LogP contribution in [-0.2, 0) is 16.0 Å². The third-order valence-electron chi connectivity index (χ3n) is 3.38. The molecule has 1 aliphatic rings. The molecule has 0 saturated carbocycles. The molecule has 4 nitrogen and oxygen atoms in total. The Morgan fingerprint density at radius 2 is 1.65 bits per heavy atom. The zero-order valence-electron chi connectivity index (χ0n) is 11.6. The molecule has 1 atom stereocenters. The van der Waals surface area contributed by atoms with Crippen LogP contribution < -0.4 is 4.90 Å². The number of benzene rings is 2. The van der Waals surface area contributed by atoms with Gasteiger partial charge in [-0.3, -0.25) is 4.79 Å². The molecule has 0 spiro atoms. The molecule has 1 unspecified atom stereocenters. The lowest BCUT2D eigenvalue weighted by Crippen LogP contribution is -2.39. The van der Waals surface area contributed by atoms with Crippen LogP contribution in [0.4, 0.5) is 19.3 Å². The number of rotatable bonds is 3. The molecular formula is C16H10ClF2NO3. The Bertz CT molecular complexity index is 764. The SMILES string of the molecule is O=C1OC(F)(Cc2ccc(F)cc2)C(=O)N1c1ccc(Cl)cc1. The number of carbonyl (C=O) groups is 2. The fourth-order valence-electron chi connectivity index (χ4n) is 2.27. The van der Waals surface area contributed by atoms with Crippen LogP contribution in [0.2, 0.25) is 5.02 Å². The number of cyclic esters (lactones) is 1. The number of carbonyl (C=O) groups excluding carboxylic acids is 2. The molecule has 1 heterocycles. The fourth-order valence-corrected chi connectivity index (χ4v) is 2.39. The van der Waals surface area contributed by atoms with Crippen molar-refractivity contribution in [1.82, 2.24) is 0 Å². The molecule has 0 bridgehead atoms. The van der Waals surface area contributed by atoms with Gasteiger partial charge in [0.1, 0.15) is 5.82 Å². The number of anilines is 1. The van der Waals surface area contributed by atoms with Gasteiger partial charge in [0.15, 0.2) is 0 Å². The first-order valence-corrected chi connectivity index (χ1v) is 7.03. The van der Waals surface area contributed by atoms with E-state index < -0.39 is 30.1 Å². The summed E-state index contributed by atoms with van der Waals surface area (Å²) in [5.74, 6) is -4.44. The summed E-state index contributed by atoms with van der Waals surface area (Å²) < 4.78 is 32.3. The van der Waals surface area contributed by atoms with Crippen molar-refractivity contribution in [1.29, 1.82) is 0 Å². The van der Waals surface area contributed by atoms with Gasteiger partial charge in [-0.05, 0) is 42.0 Å². The summed E-state index contributed by atoms with van der Waals surface area (Å²) in [6.07, 6.45) is -1.61. The van der Waals surface area contributed by atoms with E-state index in [1.165, 1.54) is 36.4 Å². The second-order valence-corrected chi connectivity index (χ2v) is 5.45. The summed E-state index contributed by atoms with van der Waals surface area (Å²) in [4.78, 5) is 24.8. The number of halogens is 3. The fraction of sp³-hybridized carbons (Fsp3) is 0.125. The topological polar surface area (TPSA) is 46.6 Å². The average Bonchev–Trinajstić information content (AvgIpc) is 2.73. The van der Waals surface area contributed by atoms with Crippen molar-refractivity contribution >= 4 is 29.3 Å². The molecule has 0 aliphatic carbocycles. The summed E-state index contributed by atoms with van der Waals surface area (Å²) >= 11 is 5.74. The Labute approximate surface area is 135 Å². The van der Waals surface area contributed by atoms with Gasteiger partial charge in [-0.1, -0.05) is 23.7 Å². The number of nitrogens with zero attached hydrogens (tertiary/aromatic N) is 1. The van der Waals surface area contributed by atoms with E-state index in [1.807, 2.05) is 0 Å². The van der Waals surface area contributed by atoms with E-state index in [9.17, 15) is 18.4 Å². The van der Waals surface area contributed by atoms with Gasteiger partial charge in [0.05, 0.1) is 12.1 Å². The zero-order chi connectivity index (χ0) is 16.6. The number of hydrogen-bond donors (Lipinski definition) is 0. The Hall–Kier alpha value is -2.47. The van der Waals surface area contributed by atoms with Crippen molar-refractivity contribution in [2.24, 2.45) is 0 Å². The minimum Gasteiger partial charge on any atom is -0.401 e. The Morgan fingerprint density at radius 1 is 1.04 bits per heavy atom. The van der Waals surface area contributed by atoms with Crippen LogP contribution in [0.3, 0.4) is 0 Å². The van der Waals surface area contributed by atoms with Gasteiger partial charge in [-0.15, -0.1) is 0 Å². The van der Waals surface area contributed by atoms with E-state index >= 15 is 0 Å². The molecule has 1 fully saturated rings. The highest BCUT2D eigenvalue weighted by Gasteiger charge is 2.55. The smallest absolute Gasteiger partial charge is 0.401 e. The lowest BCUT2D eigenvalue weighted by Gasteiger charge is -2.16. The molecule has 3 rings (SSSR count). The standard InChI is InChI=1S/C16H10ClF2NO3/c17-11-3-7-13(8-4-11)20-14(21)16(19,23-15(20)22)9-10-1-5-12(18)6-2-10/h1-8H,9H2. The maximum absolute atomic E-state index is 14.8. The summed E-state index contributed by atoms with van der Waals surface area (Å²) in [5, 5.41) is 0.409. The predicted octanol–water partition coefficient (Wildman–Crippen LogP) is 3.87. The van der Waals surface area contributed by atoms with E-state index in [2.05, 4.69) is 4.74 Å². The molecule has 0 aromatic heterocycles. The van der Waals surface area contributed by atoms with Crippen molar-refractivity contribution in [2.75, 3.05) is 4.90 Å². The van der Waals surface area contributed by atoms with Crippen molar-refractivity contribution in [3.63, 3.8) is 0 Å². The minimum atomic E-state index is -2.82. The summed E-state index contributed by atoms with van der Waals surface area (Å²) in [7, 11) is 0. The largest absolute Gasteiger partial charge is 0.424 e. The first-order valence-electron chi connectivity index (χ1n) is 6.65. The second-order valence-electron chi connectivity index (χ2n) is 5.02. The molecule has 1 saturated heterocycles. The van der Waals surface area contributed by atoms with E-state index in [-0.39, 0.29) is 5.69 Å². The quantitative estimate of drug-likeness (QED) is 0.854. The van der Waals surface area contributed by atoms with Gasteiger partial charge in [0.2, 0.25) is 0 Å². The predicted molar refractivity (Wildman–Crippen MR) is 79.4 cm³/mol. The van der Waals surface area contributed by atoms with Crippen LogP contribution in [0.15, 0.2) is 48.5 Å². The van der Waals surface area contributed by atoms with E-state index in [0.29, 0.717) is 15.5 Å². The van der Waals surface area contributed by atoms with E-state index in [1.54, 1.807) is 0 Å². The van der Waals surface area contributed by atoms with Gasteiger partial charge in [-0.25, -0.2) is 14.1 Å². The van der Waals surface area contributed by atoms with Crippen molar-refractivity contribution in [3.05, 3.63) is 64.9 Å². The minimum absolute atomic E-state index is 0.156. The maximum atomic E-state index is 14.8. The normalized spacial score (nSPS) is 20.7. The average molecular weight is 338 g/mol. The van der Waals surface area contributed by atoms with Gasteiger partial charge < -0.3 is 4.74 Å². The Balaban J connectivity index is 1.87. The van der Waals surface area contributed by atoms with Gasteiger partial charge in [0.25, 0.3) is 0 Å². The monoisotopic (exact) mass is 337 g/mol. The summed E-state index contributed by atoms with van der Waals surface area (Å²) in [6.45, 7) is 0. The number of hydrogen-bond acceptors (Lipinski definition) is 3. The third kappa shape index (κ3) is 2.90. The van der Waals surface area contributed by atoms with Crippen LogP contribution in [0.25, 0.3) is 0 Å². The van der Waals surface area contributed by atoms with Gasteiger partial charge in [0, 0.05) is 5.02 Å². The Kier molecular flexibility index (Phi) is 3.77.